The minimum atomic E-state index is -0.762. The van der Waals surface area contributed by atoms with Crippen molar-refractivity contribution in [2.45, 2.75) is 6.92 Å². The number of nitrogens with zero attached hydrogens (tertiary/aromatic N) is 2. The van der Waals surface area contributed by atoms with Crippen molar-refractivity contribution in [2.75, 3.05) is 19.1 Å². The number of hydrogen-bond donors (Lipinski definition) is 1. The Bertz CT molecular complexity index is 492. The van der Waals surface area contributed by atoms with Gasteiger partial charge in [-0.05, 0) is 19.1 Å². The van der Waals surface area contributed by atoms with Crippen LogP contribution in [-0.4, -0.2) is 25.4 Å². The summed E-state index contributed by atoms with van der Waals surface area (Å²) in [7, 11) is 1.51. The zero-order valence-corrected chi connectivity index (χ0v) is 10.1. The van der Waals surface area contributed by atoms with E-state index in [1.54, 1.807) is 37.3 Å². The monoisotopic (exact) mass is 247 g/mol. The van der Waals surface area contributed by atoms with Crippen LogP contribution >= 0.6 is 0 Å². The molecular weight excluding hydrogens is 234 g/mol. The molecule has 0 bridgehead atoms. The van der Waals surface area contributed by atoms with Crippen molar-refractivity contribution in [3.63, 3.8) is 0 Å². The number of hydrogen-bond acceptors (Lipinski definition) is 6. The Morgan fingerprint density at radius 2 is 2.22 bits per heavy atom. The normalized spacial score (nSPS) is 10.4. The second-order valence-electron chi connectivity index (χ2n) is 3.10. The standard InChI is InChI=1S/C12H13N3O3/c1-3-18-12(16)10(8-13)15-14-9-6-4-5-7-11(9)17-2/h4-7,14H,3H2,1-2H3. The molecular formula is C12H13N3O3. The number of rotatable bonds is 5. The molecule has 1 N–H and O–H groups in total. The minimum Gasteiger partial charge on any atom is -0.495 e. The first-order chi connectivity index (χ1) is 8.72. The second kappa shape index (κ2) is 6.91. The van der Waals surface area contributed by atoms with E-state index in [0.717, 1.165) is 0 Å². The van der Waals surface area contributed by atoms with Crippen LogP contribution in [0.15, 0.2) is 29.4 Å². The van der Waals surface area contributed by atoms with Crippen LogP contribution in [0.2, 0.25) is 0 Å². The third-order valence-electron chi connectivity index (χ3n) is 1.97. The molecule has 0 atom stereocenters. The lowest BCUT2D eigenvalue weighted by Crippen LogP contribution is -2.17. The van der Waals surface area contributed by atoms with Gasteiger partial charge in [0.05, 0.1) is 19.4 Å². The predicted octanol–water partition coefficient (Wildman–Crippen LogP) is 1.55. The minimum absolute atomic E-state index is 0.189. The lowest BCUT2D eigenvalue weighted by atomic mass is 10.3. The van der Waals surface area contributed by atoms with Crippen molar-refractivity contribution >= 4 is 17.4 Å². The van der Waals surface area contributed by atoms with Crippen LogP contribution in [0, 0.1) is 11.3 Å². The average Bonchev–Trinajstić information content (AvgIpc) is 2.40. The van der Waals surface area contributed by atoms with Crippen LogP contribution in [0.1, 0.15) is 6.92 Å². The van der Waals surface area contributed by atoms with Gasteiger partial charge in [-0.3, -0.25) is 5.43 Å². The van der Waals surface area contributed by atoms with Crippen molar-refractivity contribution in [3.8, 4) is 11.8 Å². The largest absolute Gasteiger partial charge is 0.495 e. The molecule has 6 heteroatoms. The maximum absolute atomic E-state index is 11.3. The van der Waals surface area contributed by atoms with Crippen LogP contribution < -0.4 is 10.2 Å². The molecule has 1 aromatic rings. The number of para-hydroxylation sites is 2. The predicted molar refractivity (Wildman–Crippen MR) is 66.3 cm³/mol. The van der Waals surface area contributed by atoms with Crippen LogP contribution in [0.4, 0.5) is 5.69 Å². The van der Waals surface area contributed by atoms with Gasteiger partial charge in [-0.15, -0.1) is 0 Å². The number of hydrazone groups is 1. The van der Waals surface area contributed by atoms with Gasteiger partial charge in [0.15, 0.2) is 0 Å². The van der Waals surface area contributed by atoms with Crippen LogP contribution in [0.3, 0.4) is 0 Å². The number of methoxy groups -OCH3 is 1. The van der Waals surface area contributed by atoms with Gasteiger partial charge >= 0.3 is 5.97 Å². The summed E-state index contributed by atoms with van der Waals surface area (Å²) in [6, 6.07) is 8.68. The molecule has 0 aromatic heterocycles. The number of nitriles is 1. The molecule has 1 rings (SSSR count). The summed E-state index contributed by atoms with van der Waals surface area (Å²) in [5.74, 6) is -0.204. The zero-order chi connectivity index (χ0) is 13.4. The van der Waals surface area contributed by atoms with E-state index in [9.17, 15) is 4.79 Å². The number of anilines is 1. The molecule has 0 aliphatic rings. The molecule has 94 valence electrons. The molecule has 0 heterocycles. The molecule has 0 saturated heterocycles. The van der Waals surface area contributed by atoms with Gasteiger partial charge in [0.2, 0.25) is 5.71 Å². The number of carbonyl (C=O) groups excluding carboxylic acids is 1. The van der Waals surface area contributed by atoms with Crippen LogP contribution in [0.25, 0.3) is 0 Å². The summed E-state index contributed by atoms with van der Waals surface area (Å²) in [6.45, 7) is 1.84. The Morgan fingerprint density at radius 1 is 1.50 bits per heavy atom. The number of benzene rings is 1. The molecule has 0 unspecified atom stereocenters. The highest BCUT2D eigenvalue weighted by atomic mass is 16.5. The van der Waals surface area contributed by atoms with Crippen molar-refractivity contribution < 1.29 is 14.3 Å². The highest BCUT2D eigenvalue weighted by Gasteiger charge is 2.12. The summed E-state index contributed by atoms with van der Waals surface area (Å²) in [5.41, 5.74) is 2.80. The van der Waals surface area contributed by atoms with E-state index in [1.807, 2.05) is 0 Å². The fraction of sp³-hybridized carbons (Fsp3) is 0.250. The topological polar surface area (TPSA) is 83.7 Å². The van der Waals surface area contributed by atoms with Crippen molar-refractivity contribution in [3.05, 3.63) is 24.3 Å². The molecule has 0 fully saturated rings. The Labute approximate surface area is 105 Å². The van der Waals surface area contributed by atoms with Crippen LogP contribution in [0.5, 0.6) is 5.75 Å². The molecule has 0 saturated carbocycles. The fourth-order valence-corrected chi connectivity index (χ4v) is 1.17. The first-order valence-electron chi connectivity index (χ1n) is 5.26. The SMILES string of the molecule is CCOC(=O)C(C#N)=NNc1ccccc1OC. The van der Waals surface area contributed by atoms with E-state index in [0.29, 0.717) is 11.4 Å². The van der Waals surface area contributed by atoms with Gasteiger partial charge < -0.3 is 9.47 Å². The molecule has 0 amide bonds. The Morgan fingerprint density at radius 3 is 2.83 bits per heavy atom. The highest BCUT2D eigenvalue weighted by Crippen LogP contribution is 2.22. The molecule has 0 aliphatic heterocycles. The van der Waals surface area contributed by atoms with Crippen LogP contribution in [-0.2, 0) is 9.53 Å². The van der Waals surface area contributed by atoms with Crippen molar-refractivity contribution in [2.24, 2.45) is 5.10 Å². The lowest BCUT2D eigenvalue weighted by Gasteiger charge is -2.06. The van der Waals surface area contributed by atoms with E-state index >= 15 is 0 Å². The summed E-state index contributed by atoms with van der Waals surface area (Å²) >= 11 is 0. The maximum Gasteiger partial charge on any atom is 0.369 e. The van der Waals surface area contributed by atoms with E-state index in [1.165, 1.54) is 7.11 Å². The fourth-order valence-electron chi connectivity index (χ4n) is 1.17. The summed E-state index contributed by atoms with van der Waals surface area (Å²) in [5, 5.41) is 12.5. The van der Waals surface area contributed by atoms with Crippen molar-refractivity contribution in [1.29, 1.82) is 5.26 Å². The van der Waals surface area contributed by atoms with Gasteiger partial charge in [-0.25, -0.2) is 4.79 Å². The molecule has 18 heavy (non-hydrogen) atoms. The number of nitrogens with one attached hydrogen (secondary N) is 1. The third-order valence-corrected chi connectivity index (χ3v) is 1.97. The Hall–Kier alpha value is -2.55. The summed E-state index contributed by atoms with van der Waals surface area (Å²) in [4.78, 5) is 11.3. The molecule has 0 spiro atoms. The maximum atomic E-state index is 11.3. The first-order valence-corrected chi connectivity index (χ1v) is 5.26. The molecule has 1 aromatic carbocycles. The zero-order valence-electron chi connectivity index (χ0n) is 10.1. The van der Waals surface area contributed by atoms with Gasteiger partial charge in [0, 0.05) is 0 Å². The molecule has 0 aliphatic carbocycles. The highest BCUT2D eigenvalue weighted by molar-refractivity contribution is 6.43. The second-order valence-corrected chi connectivity index (χ2v) is 3.10. The van der Waals surface area contributed by atoms with Gasteiger partial charge in [0.25, 0.3) is 0 Å². The van der Waals surface area contributed by atoms with E-state index in [2.05, 4.69) is 15.3 Å². The summed E-state index contributed by atoms with van der Waals surface area (Å²) in [6.07, 6.45) is 0. The Kier molecular flexibility index (Phi) is 5.19. The van der Waals surface area contributed by atoms with Gasteiger partial charge in [-0.2, -0.15) is 10.4 Å². The first kappa shape index (κ1) is 13.5. The van der Waals surface area contributed by atoms with E-state index < -0.39 is 5.97 Å². The molecule has 0 radical (unpaired) electrons. The quantitative estimate of drug-likeness (QED) is 0.485. The van der Waals surface area contributed by atoms with Gasteiger partial charge in [-0.1, -0.05) is 12.1 Å². The summed E-state index contributed by atoms with van der Waals surface area (Å²) < 4.78 is 9.76. The number of carbonyl (C=O) groups is 1. The van der Waals surface area contributed by atoms with Gasteiger partial charge in [0.1, 0.15) is 11.8 Å². The Balaban J connectivity index is 2.84. The molecule has 6 nitrogen and oxygen atoms in total. The lowest BCUT2D eigenvalue weighted by molar-refractivity contribution is -0.134. The smallest absolute Gasteiger partial charge is 0.369 e. The van der Waals surface area contributed by atoms with Crippen molar-refractivity contribution in [1.82, 2.24) is 0 Å². The van der Waals surface area contributed by atoms with E-state index in [-0.39, 0.29) is 12.3 Å². The number of ether oxygens (including phenoxy) is 2. The number of esters is 1. The average molecular weight is 247 g/mol. The van der Waals surface area contributed by atoms with E-state index in [4.69, 9.17) is 10.00 Å². The third kappa shape index (κ3) is 3.49.